The highest BCUT2D eigenvalue weighted by Crippen LogP contribution is 2.20. The van der Waals surface area contributed by atoms with Gasteiger partial charge in [-0.15, -0.1) is 0 Å². The van der Waals surface area contributed by atoms with Crippen LogP contribution >= 0.6 is 0 Å². The van der Waals surface area contributed by atoms with Gasteiger partial charge in [-0.2, -0.15) is 0 Å². The quantitative estimate of drug-likeness (QED) is 0.450. The molecule has 0 amide bonds. The van der Waals surface area contributed by atoms with Gasteiger partial charge in [0, 0.05) is 13.1 Å². The lowest BCUT2D eigenvalue weighted by Crippen LogP contribution is -2.39. The van der Waals surface area contributed by atoms with Gasteiger partial charge in [0.1, 0.15) is 0 Å². The average molecular weight is 325 g/mol. The minimum absolute atomic E-state index is 0.843. The van der Waals surface area contributed by atoms with E-state index in [1.807, 2.05) is 0 Å². The van der Waals surface area contributed by atoms with Crippen LogP contribution in [-0.4, -0.2) is 49.6 Å². The van der Waals surface area contributed by atoms with Crippen molar-refractivity contribution in [3.05, 3.63) is 0 Å². The topological polar surface area (TPSA) is 6.48 Å². The minimum Gasteiger partial charge on any atom is -0.306 e. The number of hydrogen-bond donors (Lipinski definition) is 0. The Balaban J connectivity index is 2.06. The van der Waals surface area contributed by atoms with Crippen molar-refractivity contribution < 1.29 is 0 Å². The Labute approximate surface area is 147 Å². The summed E-state index contributed by atoms with van der Waals surface area (Å²) < 4.78 is 0. The zero-order valence-electron chi connectivity index (χ0n) is 16.8. The van der Waals surface area contributed by atoms with Crippen molar-refractivity contribution in [1.29, 1.82) is 0 Å². The molecule has 0 N–H and O–H groups in total. The molecular weight excluding hydrogens is 280 g/mol. The number of piperidine rings is 1. The third-order valence-corrected chi connectivity index (χ3v) is 5.80. The zero-order chi connectivity index (χ0) is 17.1. The fraction of sp³-hybridized carbons (Fsp3) is 1.00. The molecule has 2 nitrogen and oxygen atoms in total. The molecule has 0 aliphatic carbocycles. The van der Waals surface area contributed by atoms with Gasteiger partial charge in [-0.05, 0) is 63.7 Å². The molecule has 2 atom stereocenters. The summed E-state index contributed by atoms with van der Waals surface area (Å²) in [5.74, 6) is 2.71. The molecular formula is C21H44N2. The molecule has 0 aromatic carbocycles. The van der Waals surface area contributed by atoms with Gasteiger partial charge in [0.2, 0.25) is 0 Å². The highest BCUT2D eigenvalue weighted by atomic mass is 15.1. The number of unbranched alkanes of at least 4 members (excludes halogenated alkanes) is 1. The first-order valence-electron chi connectivity index (χ1n) is 10.5. The molecule has 0 aromatic heterocycles. The molecule has 1 rings (SSSR count). The van der Waals surface area contributed by atoms with Crippen LogP contribution in [0, 0.1) is 17.8 Å². The Hall–Kier alpha value is -0.0800. The fourth-order valence-electron chi connectivity index (χ4n) is 4.03. The molecule has 138 valence electrons. The summed E-state index contributed by atoms with van der Waals surface area (Å²) in [5.41, 5.74) is 0. The standard InChI is InChI=1S/C21H44N2/c1-6-10-20(4)11-8-9-14-23-15-12-21(13-16-23)18-22(5)17-19(3)7-2/h19-21H,6-18H2,1-5H3. The van der Waals surface area contributed by atoms with Crippen molar-refractivity contribution >= 4 is 0 Å². The van der Waals surface area contributed by atoms with Gasteiger partial charge in [-0.1, -0.05) is 59.8 Å². The van der Waals surface area contributed by atoms with E-state index in [0.717, 1.165) is 17.8 Å². The predicted molar refractivity (Wildman–Crippen MR) is 104 cm³/mol. The normalized spacial score (nSPS) is 20.1. The van der Waals surface area contributed by atoms with Crippen molar-refractivity contribution in [2.24, 2.45) is 17.8 Å². The summed E-state index contributed by atoms with van der Waals surface area (Å²) in [6.07, 6.45) is 11.2. The smallest absolute Gasteiger partial charge is 0.000767 e. The van der Waals surface area contributed by atoms with E-state index >= 15 is 0 Å². The van der Waals surface area contributed by atoms with Crippen LogP contribution < -0.4 is 0 Å². The van der Waals surface area contributed by atoms with Gasteiger partial charge in [0.25, 0.3) is 0 Å². The van der Waals surface area contributed by atoms with Crippen LogP contribution in [0.4, 0.5) is 0 Å². The van der Waals surface area contributed by atoms with E-state index in [-0.39, 0.29) is 0 Å². The molecule has 0 spiro atoms. The van der Waals surface area contributed by atoms with Crippen LogP contribution in [0.2, 0.25) is 0 Å². The Morgan fingerprint density at radius 2 is 1.70 bits per heavy atom. The lowest BCUT2D eigenvalue weighted by atomic mass is 9.95. The summed E-state index contributed by atoms with van der Waals surface area (Å²) >= 11 is 0. The summed E-state index contributed by atoms with van der Waals surface area (Å²) in [6.45, 7) is 16.0. The number of likely N-dealkylation sites (tertiary alicyclic amines) is 1. The molecule has 1 fully saturated rings. The van der Waals surface area contributed by atoms with Crippen LogP contribution in [0.25, 0.3) is 0 Å². The molecule has 1 aliphatic heterocycles. The van der Waals surface area contributed by atoms with Crippen LogP contribution in [0.1, 0.15) is 79.1 Å². The summed E-state index contributed by atoms with van der Waals surface area (Å²) in [6, 6.07) is 0. The summed E-state index contributed by atoms with van der Waals surface area (Å²) in [4.78, 5) is 5.29. The van der Waals surface area contributed by atoms with E-state index in [4.69, 9.17) is 0 Å². The number of hydrogen-bond acceptors (Lipinski definition) is 2. The van der Waals surface area contributed by atoms with E-state index in [9.17, 15) is 0 Å². The van der Waals surface area contributed by atoms with Crippen LogP contribution in [0.15, 0.2) is 0 Å². The van der Waals surface area contributed by atoms with Gasteiger partial charge in [0.15, 0.2) is 0 Å². The molecule has 2 unspecified atom stereocenters. The number of rotatable bonds is 12. The SMILES string of the molecule is CCCC(C)CCCCN1CCC(CN(C)CC(C)CC)CC1. The fourth-order valence-corrected chi connectivity index (χ4v) is 4.03. The molecule has 0 radical (unpaired) electrons. The molecule has 2 heteroatoms. The maximum Gasteiger partial charge on any atom is 0.000767 e. The highest BCUT2D eigenvalue weighted by Gasteiger charge is 2.20. The Bertz CT molecular complexity index is 271. The Morgan fingerprint density at radius 3 is 2.30 bits per heavy atom. The largest absolute Gasteiger partial charge is 0.306 e. The lowest BCUT2D eigenvalue weighted by molar-refractivity contribution is 0.146. The monoisotopic (exact) mass is 324 g/mol. The third kappa shape index (κ3) is 9.72. The first-order chi connectivity index (χ1) is 11.0. The molecule has 23 heavy (non-hydrogen) atoms. The van der Waals surface area contributed by atoms with Crippen molar-refractivity contribution in [2.45, 2.75) is 79.1 Å². The minimum atomic E-state index is 0.843. The number of nitrogens with zero attached hydrogens (tertiary/aromatic N) is 2. The van der Waals surface area contributed by atoms with Crippen molar-refractivity contribution in [1.82, 2.24) is 9.80 Å². The van der Waals surface area contributed by atoms with E-state index in [1.165, 1.54) is 84.1 Å². The Morgan fingerprint density at radius 1 is 1.00 bits per heavy atom. The van der Waals surface area contributed by atoms with Crippen LogP contribution in [-0.2, 0) is 0 Å². The third-order valence-electron chi connectivity index (χ3n) is 5.80. The van der Waals surface area contributed by atoms with E-state index in [2.05, 4.69) is 44.5 Å². The molecule has 1 saturated heterocycles. The summed E-state index contributed by atoms with van der Waals surface area (Å²) in [5, 5.41) is 0. The first-order valence-corrected chi connectivity index (χ1v) is 10.5. The predicted octanol–water partition coefficient (Wildman–Crippen LogP) is 5.28. The molecule has 0 saturated carbocycles. The van der Waals surface area contributed by atoms with Gasteiger partial charge >= 0.3 is 0 Å². The van der Waals surface area contributed by atoms with Gasteiger partial charge < -0.3 is 9.80 Å². The second-order valence-electron chi connectivity index (χ2n) is 8.41. The van der Waals surface area contributed by atoms with Gasteiger partial charge in [0.05, 0.1) is 0 Å². The van der Waals surface area contributed by atoms with Gasteiger partial charge in [-0.25, -0.2) is 0 Å². The van der Waals surface area contributed by atoms with Crippen LogP contribution in [0.3, 0.4) is 0 Å². The molecule has 0 aromatic rings. The maximum atomic E-state index is 2.72. The van der Waals surface area contributed by atoms with Crippen molar-refractivity contribution in [3.63, 3.8) is 0 Å². The first kappa shape index (κ1) is 21.0. The maximum absolute atomic E-state index is 2.72. The molecule has 1 heterocycles. The summed E-state index contributed by atoms with van der Waals surface area (Å²) in [7, 11) is 2.32. The lowest BCUT2D eigenvalue weighted by Gasteiger charge is -2.34. The Kier molecular flexibility index (Phi) is 11.2. The van der Waals surface area contributed by atoms with Gasteiger partial charge in [-0.3, -0.25) is 0 Å². The van der Waals surface area contributed by atoms with Crippen LogP contribution in [0.5, 0.6) is 0 Å². The molecule has 0 bridgehead atoms. The van der Waals surface area contributed by atoms with Crippen molar-refractivity contribution in [2.75, 3.05) is 39.8 Å². The van der Waals surface area contributed by atoms with E-state index in [0.29, 0.717) is 0 Å². The zero-order valence-corrected chi connectivity index (χ0v) is 16.8. The highest BCUT2D eigenvalue weighted by molar-refractivity contribution is 4.75. The van der Waals surface area contributed by atoms with Crippen molar-refractivity contribution in [3.8, 4) is 0 Å². The molecule has 1 aliphatic rings. The second-order valence-corrected chi connectivity index (χ2v) is 8.41. The second kappa shape index (κ2) is 12.3. The van der Waals surface area contributed by atoms with E-state index < -0.39 is 0 Å². The van der Waals surface area contributed by atoms with E-state index in [1.54, 1.807) is 0 Å². The average Bonchev–Trinajstić information content (AvgIpc) is 2.53.